The first-order valence-electron chi connectivity index (χ1n) is 8.43. The van der Waals surface area contributed by atoms with E-state index in [2.05, 4.69) is 21.9 Å². The van der Waals surface area contributed by atoms with Gasteiger partial charge in [-0.25, -0.2) is 0 Å². The van der Waals surface area contributed by atoms with Crippen LogP contribution in [0.4, 0.5) is 0 Å². The van der Waals surface area contributed by atoms with E-state index in [0.29, 0.717) is 12.5 Å². The average Bonchev–Trinajstić information content (AvgIpc) is 3.11. The van der Waals surface area contributed by atoms with Crippen LogP contribution < -0.4 is 5.73 Å². The Bertz CT molecular complexity index is 657. The van der Waals surface area contributed by atoms with Crippen LogP contribution in [-0.4, -0.2) is 40.3 Å². The van der Waals surface area contributed by atoms with Gasteiger partial charge in [0.2, 0.25) is 0 Å². The summed E-state index contributed by atoms with van der Waals surface area (Å²) >= 11 is 6.01. The van der Waals surface area contributed by atoms with Gasteiger partial charge in [-0.1, -0.05) is 30.7 Å². The van der Waals surface area contributed by atoms with Gasteiger partial charge < -0.3 is 10.6 Å². The second-order valence-corrected chi connectivity index (χ2v) is 6.86. The molecule has 1 atom stereocenters. The van der Waals surface area contributed by atoms with Crippen LogP contribution in [0.3, 0.4) is 0 Å². The summed E-state index contributed by atoms with van der Waals surface area (Å²) in [4.78, 5) is 6.84. The molecule has 0 aliphatic carbocycles. The molecular formula is C18H24ClN5. The quantitative estimate of drug-likeness (QED) is 0.684. The Morgan fingerprint density at radius 1 is 1.33 bits per heavy atom. The molecule has 0 amide bonds. The molecule has 1 fully saturated rings. The van der Waals surface area contributed by atoms with E-state index >= 15 is 0 Å². The first-order valence-corrected chi connectivity index (χ1v) is 8.80. The SMILES string of the molecule is CC1CCN(C(N)=NCC(c2ccc(Cl)cc2)n2cccn2)CC1. The highest BCUT2D eigenvalue weighted by atomic mass is 35.5. The minimum absolute atomic E-state index is 0.0135. The van der Waals surface area contributed by atoms with Crippen molar-refractivity contribution in [1.29, 1.82) is 0 Å². The standard InChI is InChI=1S/C18H24ClN5/c1-14-7-11-23(12-8-14)18(20)21-13-17(24-10-2-9-22-24)15-3-5-16(19)6-4-15/h2-6,9-10,14,17H,7-8,11-13H2,1H3,(H2,20,21). The Morgan fingerprint density at radius 3 is 2.67 bits per heavy atom. The van der Waals surface area contributed by atoms with Gasteiger partial charge in [0.1, 0.15) is 0 Å². The van der Waals surface area contributed by atoms with Crippen molar-refractivity contribution in [2.24, 2.45) is 16.6 Å². The molecule has 1 aromatic carbocycles. The normalized spacial score (nSPS) is 17.9. The van der Waals surface area contributed by atoms with Crippen LogP contribution in [0.2, 0.25) is 5.02 Å². The van der Waals surface area contributed by atoms with Crippen LogP contribution in [0.1, 0.15) is 31.4 Å². The molecule has 1 aliphatic rings. The lowest BCUT2D eigenvalue weighted by Crippen LogP contribution is -2.42. The molecule has 3 rings (SSSR count). The van der Waals surface area contributed by atoms with Gasteiger partial charge in [0.15, 0.2) is 5.96 Å². The van der Waals surface area contributed by atoms with Crippen molar-refractivity contribution < 1.29 is 0 Å². The van der Waals surface area contributed by atoms with Crippen molar-refractivity contribution in [1.82, 2.24) is 14.7 Å². The molecule has 1 saturated heterocycles. The molecule has 6 heteroatoms. The second-order valence-electron chi connectivity index (χ2n) is 6.42. The largest absolute Gasteiger partial charge is 0.370 e. The minimum Gasteiger partial charge on any atom is -0.370 e. The first-order chi connectivity index (χ1) is 11.6. The van der Waals surface area contributed by atoms with E-state index in [9.17, 15) is 0 Å². The highest BCUT2D eigenvalue weighted by Gasteiger charge is 2.18. The monoisotopic (exact) mass is 345 g/mol. The van der Waals surface area contributed by atoms with E-state index in [4.69, 9.17) is 17.3 Å². The summed E-state index contributed by atoms with van der Waals surface area (Å²) in [5.74, 6) is 1.41. The molecule has 128 valence electrons. The van der Waals surface area contributed by atoms with Gasteiger partial charge in [0.25, 0.3) is 0 Å². The third-order valence-electron chi connectivity index (χ3n) is 4.63. The lowest BCUT2D eigenvalue weighted by molar-refractivity contribution is 0.277. The van der Waals surface area contributed by atoms with Gasteiger partial charge in [-0.15, -0.1) is 0 Å². The molecule has 1 unspecified atom stereocenters. The van der Waals surface area contributed by atoms with Gasteiger partial charge in [0.05, 0.1) is 12.6 Å². The summed E-state index contributed by atoms with van der Waals surface area (Å²) in [7, 11) is 0. The fraction of sp³-hybridized carbons (Fsp3) is 0.444. The zero-order valence-electron chi connectivity index (χ0n) is 14.0. The van der Waals surface area contributed by atoms with E-state index in [-0.39, 0.29) is 6.04 Å². The van der Waals surface area contributed by atoms with Gasteiger partial charge in [-0.05, 0) is 42.5 Å². The summed E-state index contributed by atoms with van der Waals surface area (Å²) in [5, 5.41) is 5.10. The van der Waals surface area contributed by atoms with Crippen molar-refractivity contribution in [3.8, 4) is 0 Å². The molecule has 0 spiro atoms. The highest BCUT2D eigenvalue weighted by Crippen LogP contribution is 2.21. The summed E-state index contributed by atoms with van der Waals surface area (Å²) in [6.45, 7) is 4.83. The maximum atomic E-state index is 6.22. The molecule has 2 heterocycles. The Balaban J connectivity index is 1.75. The molecule has 0 saturated carbocycles. The Hall–Kier alpha value is -2.01. The maximum absolute atomic E-state index is 6.22. The topological polar surface area (TPSA) is 59.4 Å². The molecular weight excluding hydrogens is 322 g/mol. The predicted octanol–water partition coefficient (Wildman–Crippen LogP) is 3.17. The third kappa shape index (κ3) is 4.09. The van der Waals surface area contributed by atoms with Crippen LogP contribution in [0.5, 0.6) is 0 Å². The molecule has 1 aromatic heterocycles. The fourth-order valence-corrected chi connectivity index (χ4v) is 3.14. The number of nitrogens with zero attached hydrogens (tertiary/aromatic N) is 4. The zero-order chi connectivity index (χ0) is 16.9. The number of hydrogen-bond donors (Lipinski definition) is 1. The summed E-state index contributed by atoms with van der Waals surface area (Å²) in [6, 6.07) is 9.76. The smallest absolute Gasteiger partial charge is 0.191 e. The highest BCUT2D eigenvalue weighted by molar-refractivity contribution is 6.30. The number of guanidine groups is 1. The minimum atomic E-state index is 0.0135. The lowest BCUT2D eigenvalue weighted by atomic mass is 10.00. The molecule has 24 heavy (non-hydrogen) atoms. The van der Waals surface area contributed by atoms with Gasteiger partial charge in [0, 0.05) is 30.5 Å². The van der Waals surface area contributed by atoms with E-state index in [1.165, 1.54) is 12.8 Å². The fourth-order valence-electron chi connectivity index (χ4n) is 3.01. The lowest BCUT2D eigenvalue weighted by Gasteiger charge is -2.31. The van der Waals surface area contributed by atoms with Crippen molar-refractivity contribution in [3.63, 3.8) is 0 Å². The van der Waals surface area contributed by atoms with Crippen LogP contribution in [0, 0.1) is 5.92 Å². The first kappa shape index (κ1) is 16.8. The molecule has 0 radical (unpaired) electrons. The Labute approximate surface area is 148 Å². The number of piperidine rings is 1. The summed E-state index contributed by atoms with van der Waals surface area (Å²) in [5.41, 5.74) is 7.34. The van der Waals surface area contributed by atoms with Crippen molar-refractivity contribution >= 4 is 17.6 Å². The van der Waals surface area contributed by atoms with E-state index < -0.39 is 0 Å². The Kier molecular flexibility index (Phi) is 5.41. The second kappa shape index (κ2) is 7.71. The summed E-state index contributed by atoms with van der Waals surface area (Å²) < 4.78 is 1.91. The molecule has 0 bridgehead atoms. The number of rotatable bonds is 4. The van der Waals surface area contributed by atoms with Crippen LogP contribution >= 0.6 is 11.6 Å². The summed E-state index contributed by atoms with van der Waals surface area (Å²) in [6.07, 6.45) is 6.08. The zero-order valence-corrected chi connectivity index (χ0v) is 14.7. The van der Waals surface area contributed by atoms with Gasteiger partial charge >= 0.3 is 0 Å². The number of benzene rings is 1. The van der Waals surface area contributed by atoms with Crippen molar-refractivity contribution in [2.45, 2.75) is 25.8 Å². The molecule has 5 nitrogen and oxygen atoms in total. The average molecular weight is 346 g/mol. The van der Waals surface area contributed by atoms with Crippen LogP contribution in [0.25, 0.3) is 0 Å². The van der Waals surface area contributed by atoms with Crippen molar-refractivity contribution in [3.05, 3.63) is 53.3 Å². The number of hydrogen-bond acceptors (Lipinski definition) is 2. The van der Waals surface area contributed by atoms with E-state index in [1.54, 1.807) is 6.20 Å². The number of nitrogens with two attached hydrogens (primary N) is 1. The molecule has 1 aliphatic heterocycles. The number of likely N-dealkylation sites (tertiary alicyclic amines) is 1. The number of aromatic nitrogens is 2. The van der Waals surface area contributed by atoms with Crippen molar-refractivity contribution in [2.75, 3.05) is 19.6 Å². The Morgan fingerprint density at radius 2 is 2.04 bits per heavy atom. The van der Waals surface area contributed by atoms with Crippen LogP contribution in [-0.2, 0) is 0 Å². The molecule has 2 N–H and O–H groups in total. The van der Waals surface area contributed by atoms with E-state index in [1.807, 2.05) is 41.2 Å². The van der Waals surface area contributed by atoms with E-state index in [0.717, 1.165) is 29.6 Å². The van der Waals surface area contributed by atoms with Gasteiger partial charge in [-0.3, -0.25) is 9.67 Å². The molecule has 2 aromatic rings. The number of halogens is 1. The van der Waals surface area contributed by atoms with Gasteiger partial charge in [-0.2, -0.15) is 5.10 Å². The third-order valence-corrected chi connectivity index (χ3v) is 4.88. The number of aliphatic imine (C=N–C) groups is 1. The maximum Gasteiger partial charge on any atom is 0.191 e. The van der Waals surface area contributed by atoms with Crippen LogP contribution in [0.15, 0.2) is 47.7 Å². The predicted molar refractivity (Wildman–Crippen MR) is 98.3 cm³/mol.